The number of aromatic nitrogens is 1. The number of likely N-dealkylation sites (tertiary alicyclic amines) is 1. The maximum Gasteiger partial charge on any atom is 0.241 e. The number of nitrogens with two attached hydrogens (primary N) is 2. The number of carbonyl (C=O) groups is 3. The summed E-state index contributed by atoms with van der Waals surface area (Å²) in [5.41, 5.74) is 10.7. The van der Waals surface area contributed by atoms with Gasteiger partial charge in [-0.3, -0.25) is 19.4 Å². The number of sulfonamides is 1. The van der Waals surface area contributed by atoms with E-state index in [9.17, 15) is 22.8 Å². The summed E-state index contributed by atoms with van der Waals surface area (Å²) in [5.74, 6) is -1.49. The van der Waals surface area contributed by atoms with Crippen molar-refractivity contribution in [2.75, 3.05) is 19.6 Å². The Kier molecular flexibility index (Phi) is 9.91. The number of amides is 2. The molecule has 218 valence electrons. The van der Waals surface area contributed by atoms with Crippen molar-refractivity contribution in [2.24, 2.45) is 16.5 Å². The number of hydrogen-bond donors (Lipinski definition) is 4. The average Bonchev–Trinajstić information content (AvgIpc) is 3.47. The van der Waals surface area contributed by atoms with Gasteiger partial charge < -0.3 is 21.7 Å². The van der Waals surface area contributed by atoms with Gasteiger partial charge >= 0.3 is 0 Å². The van der Waals surface area contributed by atoms with Crippen LogP contribution in [-0.2, 0) is 19.6 Å². The van der Waals surface area contributed by atoms with E-state index in [0.29, 0.717) is 23.3 Å². The molecular weight excluding hydrogens is 590 g/mol. The number of aliphatic imine (C=N–C) groups is 1. The summed E-state index contributed by atoms with van der Waals surface area (Å²) in [6.07, 6.45) is 2.96. The fourth-order valence-corrected chi connectivity index (χ4v) is 6.57. The first-order valence-corrected chi connectivity index (χ1v) is 15.6. The predicted octanol–water partition coefficient (Wildman–Crippen LogP) is 1.64. The molecule has 1 aromatic heterocycles. The molecule has 2 aromatic carbocycles. The third kappa shape index (κ3) is 8.00. The van der Waals surface area contributed by atoms with Crippen molar-refractivity contribution in [3.8, 4) is 0 Å². The Morgan fingerprint density at radius 1 is 1.20 bits per heavy atom. The number of rotatable bonds is 12. The highest BCUT2D eigenvalue weighted by molar-refractivity contribution is 7.89. The lowest BCUT2D eigenvalue weighted by molar-refractivity contribution is -0.139. The van der Waals surface area contributed by atoms with Crippen LogP contribution in [0.15, 0.2) is 57.9 Å². The highest BCUT2D eigenvalue weighted by Gasteiger charge is 2.34. The zero-order valence-electron chi connectivity index (χ0n) is 22.0. The van der Waals surface area contributed by atoms with Crippen LogP contribution >= 0.6 is 22.9 Å². The van der Waals surface area contributed by atoms with Gasteiger partial charge in [0.05, 0.1) is 17.5 Å². The maximum absolute atomic E-state index is 13.2. The van der Waals surface area contributed by atoms with E-state index in [0.717, 1.165) is 16.7 Å². The molecule has 2 amide bonds. The first kappa shape index (κ1) is 30.4. The van der Waals surface area contributed by atoms with Crippen molar-refractivity contribution in [3.63, 3.8) is 0 Å². The highest BCUT2D eigenvalue weighted by Crippen LogP contribution is 2.23. The molecule has 0 spiro atoms. The Labute approximate surface area is 246 Å². The van der Waals surface area contributed by atoms with E-state index in [1.54, 1.807) is 29.6 Å². The van der Waals surface area contributed by atoms with Crippen molar-refractivity contribution in [2.45, 2.75) is 42.7 Å². The second kappa shape index (κ2) is 13.4. The van der Waals surface area contributed by atoms with Crippen LogP contribution in [-0.4, -0.2) is 73.6 Å². The molecule has 0 saturated carbocycles. The summed E-state index contributed by atoms with van der Waals surface area (Å²) in [7, 11) is -4.03. The number of halogens is 1. The Balaban J connectivity index is 1.40. The fraction of sp³-hybridized carbons (Fsp3) is 0.346. The molecule has 12 nitrogen and oxygen atoms in total. The second-order valence-corrected chi connectivity index (χ2v) is 12.5. The summed E-state index contributed by atoms with van der Waals surface area (Å²) in [5, 5.41) is 6.61. The van der Waals surface area contributed by atoms with Gasteiger partial charge in [-0.05, 0) is 60.7 Å². The molecule has 1 aliphatic rings. The van der Waals surface area contributed by atoms with Crippen LogP contribution in [0.1, 0.15) is 35.5 Å². The molecule has 0 unspecified atom stereocenters. The molecule has 41 heavy (non-hydrogen) atoms. The first-order chi connectivity index (χ1) is 19.5. The van der Waals surface area contributed by atoms with Gasteiger partial charge in [0.25, 0.3) is 0 Å². The van der Waals surface area contributed by atoms with E-state index in [1.807, 2.05) is 0 Å². The summed E-state index contributed by atoms with van der Waals surface area (Å²) < 4.78 is 28.8. The minimum Gasteiger partial charge on any atom is -0.370 e. The third-order valence-corrected chi connectivity index (χ3v) is 8.98. The minimum absolute atomic E-state index is 0.0132. The lowest BCUT2D eigenvalue weighted by atomic mass is 10.1. The van der Waals surface area contributed by atoms with Gasteiger partial charge in [0.1, 0.15) is 6.04 Å². The molecule has 1 aliphatic heterocycles. The number of thiazole rings is 1. The summed E-state index contributed by atoms with van der Waals surface area (Å²) in [6.45, 7) is 0.220. The molecule has 0 bridgehead atoms. The van der Waals surface area contributed by atoms with Crippen molar-refractivity contribution in [3.05, 3.63) is 58.0 Å². The summed E-state index contributed by atoms with van der Waals surface area (Å²) >= 11 is 7.17. The molecule has 0 aliphatic carbocycles. The Hall–Kier alpha value is -3.59. The number of hydrogen-bond acceptors (Lipinski definition) is 8. The molecule has 1 fully saturated rings. The van der Waals surface area contributed by atoms with Crippen molar-refractivity contribution >= 4 is 67.3 Å². The van der Waals surface area contributed by atoms with Crippen LogP contribution in [0.2, 0.25) is 5.02 Å². The number of Topliss-reactive ketones (excluding diaryl/α,β-unsaturated/α-hetero) is 1. The number of ketones is 1. The SMILES string of the molecule is NC(N)=NCCC[C@H](NC(=O)CN1CCC[C@H](NS(=O)(=O)c2ccc3cc(Cl)ccc3c2)C1=O)C(=O)c1nccs1. The Morgan fingerprint density at radius 3 is 2.68 bits per heavy atom. The largest absolute Gasteiger partial charge is 0.370 e. The maximum atomic E-state index is 13.2. The van der Waals surface area contributed by atoms with Crippen molar-refractivity contribution in [1.29, 1.82) is 0 Å². The quantitative estimate of drug-likeness (QED) is 0.102. The van der Waals surface area contributed by atoms with Gasteiger partial charge in [0.2, 0.25) is 27.6 Å². The minimum atomic E-state index is -4.03. The molecule has 2 atom stereocenters. The smallest absolute Gasteiger partial charge is 0.241 e. The lowest BCUT2D eigenvalue weighted by Gasteiger charge is -2.32. The predicted molar refractivity (Wildman–Crippen MR) is 157 cm³/mol. The molecule has 0 radical (unpaired) electrons. The van der Waals surface area contributed by atoms with Crippen LogP contribution in [0, 0.1) is 0 Å². The molecule has 4 rings (SSSR count). The standard InChI is InChI=1S/C26H30ClN7O5S2/c27-18-7-5-17-14-19(8-6-16(17)13-18)41(38,39)33-21-4-2-11-34(25(21)37)15-22(35)32-20(3-1-9-31-26(28)29)23(36)24-30-10-12-40-24/h5-8,10,12-14,20-21,33H,1-4,9,11,15H2,(H,32,35)(H4,28,29,31)/t20-,21-/m0/s1. The first-order valence-electron chi connectivity index (χ1n) is 12.8. The van der Waals surface area contributed by atoms with Crippen LogP contribution in [0.25, 0.3) is 10.8 Å². The Morgan fingerprint density at radius 2 is 1.95 bits per heavy atom. The Bertz CT molecular complexity index is 1560. The number of carbonyl (C=O) groups excluding carboxylic acids is 3. The number of nitrogens with one attached hydrogen (secondary N) is 2. The van der Waals surface area contributed by atoms with E-state index < -0.39 is 33.9 Å². The summed E-state index contributed by atoms with van der Waals surface area (Å²) in [6, 6.07) is 7.81. The molecule has 2 heterocycles. The number of guanidine groups is 1. The van der Waals surface area contributed by atoms with Crippen LogP contribution in [0.4, 0.5) is 0 Å². The van der Waals surface area contributed by atoms with Gasteiger partial charge in [-0.15, -0.1) is 11.3 Å². The fourth-order valence-electron chi connectivity index (χ4n) is 4.50. The lowest BCUT2D eigenvalue weighted by Crippen LogP contribution is -2.55. The van der Waals surface area contributed by atoms with Gasteiger partial charge in [0, 0.05) is 29.7 Å². The van der Waals surface area contributed by atoms with Crippen molar-refractivity contribution in [1.82, 2.24) is 19.9 Å². The van der Waals surface area contributed by atoms with Gasteiger partial charge in [-0.2, -0.15) is 4.72 Å². The van der Waals surface area contributed by atoms with E-state index in [-0.39, 0.29) is 54.1 Å². The van der Waals surface area contributed by atoms with E-state index in [1.165, 1.54) is 23.2 Å². The number of fused-ring (bicyclic) bond motifs is 1. The van der Waals surface area contributed by atoms with Gasteiger partial charge in [-0.25, -0.2) is 13.4 Å². The van der Waals surface area contributed by atoms with Gasteiger partial charge in [-0.1, -0.05) is 23.7 Å². The average molecular weight is 620 g/mol. The third-order valence-electron chi connectivity index (χ3n) is 6.49. The molecule has 1 saturated heterocycles. The summed E-state index contributed by atoms with van der Waals surface area (Å²) in [4.78, 5) is 48.3. The van der Waals surface area contributed by atoms with E-state index in [4.69, 9.17) is 23.1 Å². The topological polar surface area (TPSA) is 190 Å². The zero-order valence-corrected chi connectivity index (χ0v) is 24.3. The van der Waals surface area contributed by atoms with Crippen LogP contribution in [0.3, 0.4) is 0 Å². The molecule has 3 aromatic rings. The second-order valence-electron chi connectivity index (χ2n) is 9.50. The molecule has 6 N–H and O–H groups in total. The van der Waals surface area contributed by atoms with Crippen LogP contribution in [0.5, 0.6) is 0 Å². The molecular formula is C26H30ClN7O5S2. The monoisotopic (exact) mass is 619 g/mol. The van der Waals surface area contributed by atoms with Gasteiger partial charge in [0.15, 0.2) is 11.0 Å². The van der Waals surface area contributed by atoms with E-state index >= 15 is 0 Å². The number of piperidine rings is 1. The zero-order chi connectivity index (χ0) is 29.6. The van der Waals surface area contributed by atoms with Crippen LogP contribution < -0.4 is 21.5 Å². The molecule has 15 heteroatoms. The number of benzene rings is 2. The number of nitrogens with zero attached hydrogens (tertiary/aromatic N) is 3. The normalized spacial score (nSPS) is 16.4. The van der Waals surface area contributed by atoms with E-state index in [2.05, 4.69) is 20.0 Å². The van der Waals surface area contributed by atoms with Crippen molar-refractivity contribution < 1.29 is 22.8 Å². The highest BCUT2D eigenvalue weighted by atomic mass is 35.5.